The molecule has 1 fully saturated rings. The van der Waals surface area contributed by atoms with Gasteiger partial charge >= 0.3 is 6.09 Å². The van der Waals surface area contributed by atoms with Crippen molar-refractivity contribution in [1.82, 2.24) is 19.9 Å². The Labute approximate surface area is 220 Å². The van der Waals surface area contributed by atoms with Crippen LogP contribution in [0.3, 0.4) is 0 Å². The fourth-order valence-electron chi connectivity index (χ4n) is 4.90. The van der Waals surface area contributed by atoms with Crippen LogP contribution in [0.1, 0.15) is 55.6 Å². The van der Waals surface area contributed by atoms with E-state index in [0.29, 0.717) is 31.6 Å². The number of nitrogen functional groups attached to an aromatic ring is 1. The van der Waals surface area contributed by atoms with Crippen molar-refractivity contribution in [3.05, 3.63) is 71.1 Å². The number of benzene rings is 1. The molecule has 0 saturated carbocycles. The Bertz CT molecular complexity index is 1380. The molecule has 0 spiro atoms. The lowest BCUT2D eigenvalue weighted by atomic mass is 9.78. The van der Waals surface area contributed by atoms with Gasteiger partial charge < -0.3 is 20.2 Å². The second kappa shape index (κ2) is 10.00. The predicted molar refractivity (Wildman–Crippen MR) is 141 cm³/mol. The monoisotopic (exact) mass is 518 g/mol. The van der Waals surface area contributed by atoms with Crippen molar-refractivity contribution in [3.63, 3.8) is 0 Å². The summed E-state index contributed by atoms with van der Waals surface area (Å²) >= 11 is 0. The van der Waals surface area contributed by atoms with E-state index in [2.05, 4.69) is 20.1 Å². The lowest BCUT2D eigenvalue weighted by Gasteiger charge is -2.38. The molecule has 1 aromatic carbocycles. The van der Waals surface area contributed by atoms with Gasteiger partial charge in [0.2, 0.25) is 5.95 Å². The van der Waals surface area contributed by atoms with E-state index in [0.717, 1.165) is 33.6 Å². The molecule has 1 unspecified atom stereocenters. The number of rotatable bonds is 4. The summed E-state index contributed by atoms with van der Waals surface area (Å²) in [5, 5.41) is 4.53. The quantitative estimate of drug-likeness (QED) is 0.500. The fraction of sp³-hybridized carbons (Fsp3) is 0.393. The summed E-state index contributed by atoms with van der Waals surface area (Å²) in [4.78, 5) is 32.8. The van der Waals surface area contributed by atoms with Crippen LogP contribution in [0.2, 0.25) is 0 Å². The summed E-state index contributed by atoms with van der Waals surface area (Å²) in [5.74, 6) is -0.169. The number of ether oxygens (including phenoxy) is 1. The molecule has 0 bridgehead atoms. The molecule has 38 heavy (non-hydrogen) atoms. The van der Waals surface area contributed by atoms with Crippen molar-refractivity contribution >= 4 is 17.8 Å². The van der Waals surface area contributed by atoms with Gasteiger partial charge in [0, 0.05) is 29.9 Å². The third-order valence-corrected chi connectivity index (χ3v) is 6.59. The predicted octanol–water partition coefficient (Wildman–Crippen LogP) is 4.64. The minimum Gasteiger partial charge on any atom is -0.444 e. The standard InChI is InChI=1S/C28H31FN6O3/c1-16-25-23(33-26(30)32-16)10-18(21-8-7-19(29)12-22(21)17-6-5-9-31-13-17)11-24(25)34-38-20-14-35(15-20)27(36)37-28(2,3)4/h5-9,12-13,18,20H,10-11,14-15H2,1-4H3,(H2,30,32,33)/b34-24+. The van der Waals surface area contributed by atoms with Crippen LogP contribution in [0.25, 0.3) is 11.1 Å². The van der Waals surface area contributed by atoms with Crippen LogP contribution in [0.4, 0.5) is 15.1 Å². The number of nitrogens with two attached hydrogens (primary N) is 1. The molecule has 0 radical (unpaired) electrons. The Hall–Kier alpha value is -4.08. The van der Waals surface area contributed by atoms with Gasteiger partial charge in [0.1, 0.15) is 11.4 Å². The summed E-state index contributed by atoms with van der Waals surface area (Å²) in [6, 6.07) is 8.56. The smallest absolute Gasteiger partial charge is 0.410 e. The number of hydrogen-bond donors (Lipinski definition) is 1. The van der Waals surface area contributed by atoms with E-state index in [1.54, 1.807) is 17.3 Å². The minimum atomic E-state index is -0.557. The molecule has 1 aliphatic heterocycles. The van der Waals surface area contributed by atoms with Gasteiger partial charge in [-0.05, 0) is 69.4 Å². The number of hydrogen-bond acceptors (Lipinski definition) is 8. The van der Waals surface area contributed by atoms with Gasteiger partial charge in [0.25, 0.3) is 0 Å². The van der Waals surface area contributed by atoms with E-state index in [4.69, 9.17) is 15.3 Å². The number of anilines is 1. The van der Waals surface area contributed by atoms with E-state index < -0.39 is 5.60 Å². The van der Waals surface area contributed by atoms with E-state index in [9.17, 15) is 9.18 Å². The molecule has 1 saturated heterocycles. The van der Waals surface area contributed by atoms with Crippen molar-refractivity contribution in [2.45, 2.75) is 58.2 Å². The summed E-state index contributed by atoms with van der Waals surface area (Å²) in [6.45, 7) is 8.16. The van der Waals surface area contributed by atoms with Gasteiger partial charge in [0.15, 0.2) is 6.10 Å². The van der Waals surface area contributed by atoms with E-state index >= 15 is 0 Å². The third kappa shape index (κ3) is 5.44. The Morgan fingerprint density at radius 3 is 2.68 bits per heavy atom. The maximum Gasteiger partial charge on any atom is 0.410 e. The topological polar surface area (TPSA) is 116 Å². The highest BCUT2D eigenvalue weighted by Gasteiger charge is 2.36. The molecular weight excluding hydrogens is 487 g/mol. The zero-order valence-corrected chi connectivity index (χ0v) is 21.9. The molecule has 1 aliphatic carbocycles. The average Bonchev–Trinajstić information content (AvgIpc) is 2.81. The number of carbonyl (C=O) groups excluding carboxylic acids is 1. The van der Waals surface area contributed by atoms with Crippen LogP contribution in [0.15, 0.2) is 47.9 Å². The number of nitrogens with zero attached hydrogens (tertiary/aromatic N) is 5. The van der Waals surface area contributed by atoms with Crippen molar-refractivity contribution < 1.29 is 18.8 Å². The van der Waals surface area contributed by atoms with Gasteiger partial charge in [-0.3, -0.25) is 4.98 Å². The molecular formula is C28H31FN6O3. The van der Waals surface area contributed by atoms with Crippen molar-refractivity contribution in [2.75, 3.05) is 18.8 Å². The first-order valence-corrected chi connectivity index (χ1v) is 12.6. The molecule has 1 atom stereocenters. The first-order chi connectivity index (χ1) is 18.1. The zero-order chi connectivity index (χ0) is 27.0. The first-order valence-electron chi connectivity index (χ1n) is 12.6. The van der Waals surface area contributed by atoms with Gasteiger partial charge in [0.05, 0.1) is 30.2 Å². The summed E-state index contributed by atoms with van der Waals surface area (Å²) < 4.78 is 19.7. The molecule has 3 heterocycles. The van der Waals surface area contributed by atoms with Crippen molar-refractivity contribution in [3.8, 4) is 11.1 Å². The molecule has 9 nitrogen and oxygen atoms in total. The second-order valence-electron chi connectivity index (χ2n) is 10.7. The zero-order valence-electron chi connectivity index (χ0n) is 21.9. The Morgan fingerprint density at radius 1 is 1.18 bits per heavy atom. The fourth-order valence-corrected chi connectivity index (χ4v) is 4.90. The molecule has 5 rings (SSSR count). The van der Waals surface area contributed by atoms with Crippen LogP contribution in [-0.4, -0.2) is 56.5 Å². The van der Waals surface area contributed by atoms with Crippen LogP contribution >= 0.6 is 0 Å². The van der Waals surface area contributed by atoms with Crippen LogP contribution in [0, 0.1) is 12.7 Å². The highest BCUT2D eigenvalue weighted by atomic mass is 19.1. The lowest BCUT2D eigenvalue weighted by molar-refractivity contribution is -0.0620. The molecule has 198 valence electrons. The Morgan fingerprint density at radius 2 is 1.97 bits per heavy atom. The molecule has 10 heteroatoms. The SMILES string of the molecule is Cc1nc(N)nc2c1/C(=N/OC1CN(C(=O)OC(C)(C)C)C1)CC(c1ccc(F)cc1-c1cccnc1)C2. The molecule has 2 N–H and O–H groups in total. The van der Waals surface area contributed by atoms with Crippen molar-refractivity contribution in [2.24, 2.45) is 5.16 Å². The highest BCUT2D eigenvalue weighted by Crippen LogP contribution is 2.38. The number of aryl methyl sites for hydroxylation is 1. The normalized spacial score (nSPS) is 18.6. The largest absolute Gasteiger partial charge is 0.444 e. The van der Waals surface area contributed by atoms with E-state index in [-0.39, 0.29) is 29.9 Å². The molecule has 1 amide bonds. The average molecular weight is 519 g/mol. The number of fused-ring (bicyclic) bond motifs is 1. The highest BCUT2D eigenvalue weighted by molar-refractivity contribution is 6.03. The maximum absolute atomic E-state index is 14.3. The van der Waals surface area contributed by atoms with Gasteiger partial charge in [-0.2, -0.15) is 0 Å². The Kier molecular flexibility index (Phi) is 6.73. The van der Waals surface area contributed by atoms with Crippen molar-refractivity contribution in [1.29, 1.82) is 0 Å². The summed E-state index contributed by atoms with van der Waals surface area (Å²) in [7, 11) is 0. The number of aromatic nitrogens is 3. The van der Waals surface area contributed by atoms with Crippen LogP contribution in [-0.2, 0) is 16.0 Å². The third-order valence-electron chi connectivity index (χ3n) is 6.59. The van der Waals surface area contributed by atoms with Gasteiger partial charge in [-0.15, -0.1) is 0 Å². The number of halogens is 1. The number of carbonyl (C=O) groups is 1. The minimum absolute atomic E-state index is 0.0472. The number of oxime groups is 1. The molecule has 2 aliphatic rings. The summed E-state index contributed by atoms with van der Waals surface area (Å²) in [5.41, 5.74) is 11.0. The summed E-state index contributed by atoms with van der Waals surface area (Å²) in [6.07, 6.45) is 3.94. The van der Waals surface area contributed by atoms with Crippen LogP contribution < -0.4 is 5.73 Å². The molecule has 2 aromatic heterocycles. The van der Waals surface area contributed by atoms with E-state index in [1.807, 2.05) is 45.9 Å². The number of amides is 1. The number of pyridine rings is 1. The second-order valence-corrected chi connectivity index (χ2v) is 10.7. The maximum atomic E-state index is 14.3. The lowest BCUT2D eigenvalue weighted by Crippen LogP contribution is -2.55. The van der Waals surface area contributed by atoms with Gasteiger partial charge in [-0.1, -0.05) is 17.3 Å². The Balaban J connectivity index is 1.42. The first kappa shape index (κ1) is 25.6. The van der Waals surface area contributed by atoms with Crippen LogP contribution in [0.5, 0.6) is 0 Å². The molecule has 3 aromatic rings. The van der Waals surface area contributed by atoms with Gasteiger partial charge in [-0.25, -0.2) is 19.2 Å². The van der Waals surface area contributed by atoms with E-state index in [1.165, 1.54) is 12.1 Å². The number of likely N-dealkylation sites (tertiary alicyclic amines) is 1.